The van der Waals surface area contributed by atoms with Crippen molar-refractivity contribution in [2.24, 2.45) is 5.92 Å². The fraction of sp³-hybridized carbons (Fsp3) is 0.667. The summed E-state index contributed by atoms with van der Waals surface area (Å²) < 4.78 is 42.7. The first-order chi connectivity index (χ1) is 13.7. The highest BCUT2D eigenvalue weighted by Crippen LogP contribution is 2.33. The van der Waals surface area contributed by atoms with Crippen LogP contribution in [-0.4, -0.2) is 73.6 Å². The zero-order chi connectivity index (χ0) is 21.4. The van der Waals surface area contributed by atoms with Crippen molar-refractivity contribution in [1.82, 2.24) is 10.2 Å². The molecule has 3 atom stereocenters. The third-order valence-electron chi connectivity index (χ3n) is 4.76. The lowest BCUT2D eigenvalue weighted by molar-refractivity contribution is -0.192. The number of ether oxygens (including phenoxy) is 2. The topological polar surface area (TPSA) is 88.1 Å². The smallest absolute Gasteiger partial charge is 0.475 e. The van der Waals surface area contributed by atoms with Crippen LogP contribution in [0.3, 0.4) is 0 Å². The molecule has 0 aliphatic carbocycles. The monoisotopic (exact) mass is 438 g/mol. The minimum Gasteiger partial charge on any atom is -0.475 e. The predicted octanol–water partition coefficient (Wildman–Crippen LogP) is 2.12. The average molecular weight is 438 g/mol. The number of alkyl halides is 3. The number of carboxylic acids is 1. The molecule has 1 aromatic rings. The molecule has 2 saturated heterocycles. The molecule has 11 heteroatoms. The first-order valence-electron chi connectivity index (χ1n) is 9.16. The molecule has 7 nitrogen and oxygen atoms in total. The summed E-state index contributed by atoms with van der Waals surface area (Å²) in [6.45, 7) is 4.11. The number of aliphatic carboxylic acids is 1. The van der Waals surface area contributed by atoms with Gasteiger partial charge in [-0.1, -0.05) is 0 Å². The number of hydrogen-bond acceptors (Lipinski definition) is 6. The minimum atomic E-state index is -5.08. The van der Waals surface area contributed by atoms with Crippen LogP contribution in [0.1, 0.15) is 18.4 Å². The molecule has 164 valence electrons. The van der Waals surface area contributed by atoms with E-state index in [1.165, 1.54) is 5.56 Å². The van der Waals surface area contributed by atoms with Gasteiger partial charge in [-0.3, -0.25) is 9.69 Å². The van der Waals surface area contributed by atoms with Gasteiger partial charge in [0.05, 0.1) is 12.7 Å². The number of thiophene rings is 1. The first-order valence-corrected chi connectivity index (χ1v) is 10.1. The van der Waals surface area contributed by atoms with E-state index in [0.29, 0.717) is 19.1 Å². The van der Waals surface area contributed by atoms with E-state index in [9.17, 15) is 18.0 Å². The first kappa shape index (κ1) is 23.6. The van der Waals surface area contributed by atoms with Crippen molar-refractivity contribution >= 4 is 23.2 Å². The maximum absolute atomic E-state index is 12.1. The van der Waals surface area contributed by atoms with Crippen molar-refractivity contribution in [2.45, 2.75) is 37.8 Å². The van der Waals surface area contributed by atoms with Crippen molar-refractivity contribution in [2.75, 3.05) is 33.4 Å². The SMILES string of the molecule is COCCNC(=O)[C@H]1C[C@@H]2CCN(Cc3ccsc3)C[C@H]2O1.O=C(O)C(F)(F)F. The second-order valence-corrected chi connectivity index (χ2v) is 7.68. The van der Waals surface area contributed by atoms with Gasteiger partial charge in [0.2, 0.25) is 5.91 Å². The maximum atomic E-state index is 12.1. The summed E-state index contributed by atoms with van der Waals surface area (Å²) in [5.74, 6) is -2.22. The standard InChI is InChI=1S/C16H24N2O3S.C2HF3O2/c1-20-6-4-17-16(19)14-8-13-2-5-18(10-15(13)21-14)9-12-3-7-22-11-12;3-2(4,5)1(6)7/h3,7,11,13-15H,2,4-6,8-10H2,1H3,(H,17,19);(H,6,7)/t13-,14+,15+;/m0./s1. The van der Waals surface area contributed by atoms with Crippen molar-refractivity contribution in [3.05, 3.63) is 22.4 Å². The summed E-state index contributed by atoms with van der Waals surface area (Å²) in [6.07, 6.45) is -3.19. The summed E-state index contributed by atoms with van der Waals surface area (Å²) in [7, 11) is 1.63. The molecule has 0 radical (unpaired) electrons. The molecule has 3 rings (SSSR count). The zero-order valence-electron chi connectivity index (χ0n) is 16.0. The van der Waals surface area contributed by atoms with Gasteiger partial charge >= 0.3 is 12.1 Å². The number of halogens is 3. The van der Waals surface area contributed by atoms with Gasteiger partial charge in [-0.15, -0.1) is 0 Å². The molecule has 2 fully saturated rings. The maximum Gasteiger partial charge on any atom is 0.490 e. The van der Waals surface area contributed by atoms with Crippen molar-refractivity contribution in [3.8, 4) is 0 Å². The van der Waals surface area contributed by atoms with E-state index in [1.807, 2.05) is 0 Å². The quantitative estimate of drug-likeness (QED) is 0.662. The average Bonchev–Trinajstić information content (AvgIpc) is 3.30. The number of amides is 1. The van der Waals surface area contributed by atoms with Gasteiger partial charge in [-0.05, 0) is 47.7 Å². The summed E-state index contributed by atoms with van der Waals surface area (Å²) in [4.78, 5) is 23.4. The van der Waals surface area contributed by atoms with Crippen LogP contribution in [0.2, 0.25) is 0 Å². The number of rotatable bonds is 6. The van der Waals surface area contributed by atoms with Crippen LogP contribution in [0.4, 0.5) is 13.2 Å². The van der Waals surface area contributed by atoms with Gasteiger partial charge in [0.1, 0.15) is 6.10 Å². The summed E-state index contributed by atoms with van der Waals surface area (Å²) in [5.41, 5.74) is 1.37. The van der Waals surface area contributed by atoms with Crippen LogP contribution >= 0.6 is 11.3 Å². The lowest BCUT2D eigenvalue weighted by Gasteiger charge is -2.33. The van der Waals surface area contributed by atoms with Gasteiger partial charge in [0.25, 0.3) is 0 Å². The molecule has 2 aliphatic heterocycles. The number of fused-ring (bicyclic) bond motifs is 1. The molecule has 2 aliphatic rings. The van der Waals surface area contributed by atoms with Crippen molar-refractivity contribution < 1.29 is 37.3 Å². The Morgan fingerprint density at radius 1 is 1.45 bits per heavy atom. The van der Waals surface area contributed by atoms with E-state index in [1.54, 1.807) is 18.4 Å². The normalized spacial score (nSPS) is 24.3. The van der Waals surface area contributed by atoms with Crippen LogP contribution in [0, 0.1) is 5.92 Å². The largest absolute Gasteiger partial charge is 0.490 e. The van der Waals surface area contributed by atoms with Gasteiger partial charge in [-0.2, -0.15) is 24.5 Å². The van der Waals surface area contributed by atoms with E-state index in [-0.39, 0.29) is 18.1 Å². The lowest BCUT2D eigenvalue weighted by Crippen LogP contribution is -2.42. The fourth-order valence-electron chi connectivity index (χ4n) is 3.34. The number of nitrogens with one attached hydrogen (secondary N) is 1. The molecular weight excluding hydrogens is 413 g/mol. The molecule has 3 heterocycles. The second-order valence-electron chi connectivity index (χ2n) is 6.90. The molecule has 0 bridgehead atoms. The van der Waals surface area contributed by atoms with Gasteiger partial charge < -0.3 is 19.9 Å². The Kier molecular flexibility index (Phi) is 8.87. The van der Waals surface area contributed by atoms with E-state index in [0.717, 1.165) is 32.5 Å². The zero-order valence-corrected chi connectivity index (χ0v) is 16.8. The Hall–Kier alpha value is -1.69. The van der Waals surface area contributed by atoms with Crippen LogP contribution in [0.25, 0.3) is 0 Å². The van der Waals surface area contributed by atoms with Gasteiger partial charge in [0, 0.05) is 26.7 Å². The molecule has 0 spiro atoms. The summed E-state index contributed by atoms with van der Waals surface area (Å²) >= 11 is 1.74. The Labute approximate surface area is 170 Å². The van der Waals surface area contributed by atoms with Crippen LogP contribution in [-0.2, 0) is 25.6 Å². The third-order valence-corrected chi connectivity index (χ3v) is 5.49. The van der Waals surface area contributed by atoms with Crippen LogP contribution in [0.5, 0.6) is 0 Å². The summed E-state index contributed by atoms with van der Waals surface area (Å²) in [6, 6.07) is 2.18. The number of hydrogen-bond donors (Lipinski definition) is 2. The number of carbonyl (C=O) groups is 2. The fourth-order valence-corrected chi connectivity index (χ4v) is 4.00. The second kappa shape index (κ2) is 10.9. The molecule has 1 aromatic heterocycles. The number of carbonyl (C=O) groups excluding carboxylic acids is 1. The molecule has 0 aromatic carbocycles. The van der Waals surface area contributed by atoms with E-state index < -0.39 is 12.1 Å². The van der Waals surface area contributed by atoms with Crippen molar-refractivity contribution in [1.29, 1.82) is 0 Å². The molecule has 29 heavy (non-hydrogen) atoms. The Morgan fingerprint density at radius 2 is 2.17 bits per heavy atom. The van der Waals surface area contributed by atoms with Gasteiger partial charge in [-0.25, -0.2) is 4.79 Å². The highest BCUT2D eigenvalue weighted by Gasteiger charge is 2.41. The Bertz CT molecular complexity index is 656. The number of nitrogens with zero attached hydrogens (tertiary/aromatic N) is 1. The Balaban J connectivity index is 0.000000370. The number of methoxy groups -OCH3 is 1. The number of carboxylic acid groups (broad SMARTS) is 1. The highest BCUT2D eigenvalue weighted by molar-refractivity contribution is 7.07. The molecule has 0 unspecified atom stereocenters. The van der Waals surface area contributed by atoms with E-state index in [4.69, 9.17) is 19.4 Å². The lowest BCUT2D eigenvalue weighted by atomic mass is 9.91. The highest BCUT2D eigenvalue weighted by atomic mass is 32.1. The van der Waals surface area contributed by atoms with Crippen molar-refractivity contribution in [3.63, 3.8) is 0 Å². The Morgan fingerprint density at radius 3 is 2.76 bits per heavy atom. The van der Waals surface area contributed by atoms with Crippen LogP contribution in [0.15, 0.2) is 16.8 Å². The third kappa shape index (κ3) is 7.57. The van der Waals surface area contributed by atoms with Gasteiger partial charge in [0.15, 0.2) is 0 Å². The minimum absolute atomic E-state index is 0.0100. The summed E-state index contributed by atoms with van der Waals surface area (Å²) in [5, 5.41) is 14.3. The molecule has 1 amide bonds. The number of likely N-dealkylation sites (tertiary alicyclic amines) is 1. The molecule has 2 N–H and O–H groups in total. The van der Waals surface area contributed by atoms with Crippen LogP contribution < -0.4 is 5.32 Å². The number of piperidine rings is 1. The predicted molar refractivity (Wildman–Crippen MR) is 99.6 cm³/mol. The van der Waals surface area contributed by atoms with E-state index in [2.05, 4.69) is 27.0 Å². The molecular formula is C18H25F3N2O5S. The molecule has 0 saturated carbocycles. The van der Waals surface area contributed by atoms with E-state index >= 15 is 0 Å².